The summed E-state index contributed by atoms with van der Waals surface area (Å²) in [4.78, 5) is 0. The number of hydrogen-bond donors (Lipinski definition) is 0. The Balaban J connectivity index is 2.49. The van der Waals surface area contributed by atoms with Crippen molar-refractivity contribution in [3.8, 4) is 0 Å². The number of aryl methyl sites for hydroxylation is 1. The molecule has 0 bridgehead atoms. The zero-order chi connectivity index (χ0) is 9.26. The van der Waals surface area contributed by atoms with Crippen LogP contribution in [0.25, 0.3) is 11.0 Å². The molecule has 0 saturated heterocycles. The van der Waals surface area contributed by atoms with Gasteiger partial charge in [-0.2, -0.15) is 0 Å². The molecule has 68 valence electrons. The first-order valence-corrected chi connectivity index (χ1v) is 4.27. The molecule has 2 heteroatoms. The molecule has 0 aliphatic carbocycles. The first kappa shape index (κ1) is 8.32. The Bertz CT molecular complexity index is 415. The molecule has 0 spiro atoms. The summed E-state index contributed by atoms with van der Waals surface area (Å²) in [5.41, 5.74) is 2.18. The second kappa shape index (κ2) is 3.23. The van der Waals surface area contributed by atoms with Gasteiger partial charge in [-0.25, -0.2) is 0 Å². The van der Waals surface area contributed by atoms with Gasteiger partial charge in [-0.1, -0.05) is 11.6 Å². The van der Waals surface area contributed by atoms with E-state index in [4.69, 9.17) is 9.15 Å². The Hall–Kier alpha value is -1.28. The van der Waals surface area contributed by atoms with Crippen molar-refractivity contribution >= 4 is 11.0 Å². The maximum absolute atomic E-state index is 5.54. The van der Waals surface area contributed by atoms with Crippen LogP contribution in [0.15, 0.2) is 28.7 Å². The maximum Gasteiger partial charge on any atom is 0.134 e. The van der Waals surface area contributed by atoms with Gasteiger partial charge in [-0.3, -0.25) is 0 Å². The molecule has 0 amide bonds. The van der Waals surface area contributed by atoms with Crippen molar-refractivity contribution in [2.24, 2.45) is 0 Å². The predicted octanol–water partition coefficient (Wildman–Crippen LogP) is 2.89. The van der Waals surface area contributed by atoms with E-state index < -0.39 is 0 Å². The summed E-state index contributed by atoms with van der Waals surface area (Å²) in [6, 6.07) is 8.16. The third-order valence-corrected chi connectivity index (χ3v) is 2.01. The zero-order valence-electron chi connectivity index (χ0n) is 7.83. The molecule has 0 N–H and O–H groups in total. The van der Waals surface area contributed by atoms with E-state index in [0.29, 0.717) is 6.61 Å². The molecule has 1 heterocycles. The van der Waals surface area contributed by atoms with E-state index in [1.807, 2.05) is 18.2 Å². The first-order valence-electron chi connectivity index (χ1n) is 4.27. The highest BCUT2D eigenvalue weighted by Crippen LogP contribution is 2.20. The monoisotopic (exact) mass is 176 g/mol. The smallest absolute Gasteiger partial charge is 0.134 e. The van der Waals surface area contributed by atoms with E-state index in [1.165, 1.54) is 5.56 Å². The van der Waals surface area contributed by atoms with Crippen LogP contribution in [0.5, 0.6) is 0 Å². The Morgan fingerprint density at radius 3 is 2.92 bits per heavy atom. The topological polar surface area (TPSA) is 22.4 Å². The van der Waals surface area contributed by atoms with Crippen LogP contribution in [-0.4, -0.2) is 7.11 Å². The zero-order valence-corrected chi connectivity index (χ0v) is 7.83. The van der Waals surface area contributed by atoms with E-state index in [9.17, 15) is 0 Å². The summed E-state index contributed by atoms with van der Waals surface area (Å²) >= 11 is 0. The molecule has 13 heavy (non-hydrogen) atoms. The number of benzene rings is 1. The summed E-state index contributed by atoms with van der Waals surface area (Å²) < 4.78 is 10.5. The summed E-state index contributed by atoms with van der Waals surface area (Å²) in [5, 5.41) is 1.15. The minimum atomic E-state index is 0.535. The molecule has 0 fully saturated rings. The average Bonchev–Trinajstić information content (AvgIpc) is 2.46. The molecule has 0 saturated carbocycles. The van der Waals surface area contributed by atoms with E-state index in [-0.39, 0.29) is 0 Å². The fourth-order valence-electron chi connectivity index (χ4n) is 1.43. The highest BCUT2D eigenvalue weighted by molar-refractivity contribution is 5.78. The fourth-order valence-corrected chi connectivity index (χ4v) is 1.43. The van der Waals surface area contributed by atoms with Crippen molar-refractivity contribution in [2.45, 2.75) is 13.5 Å². The van der Waals surface area contributed by atoms with Gasteiger partial charge in [-0.05, 0) is 25.1 Å². The van der Waals surface area contributed by atoms with Crippen molar-refractivity contribution in [1.29, 1.82) is 0 Å². The summed E-state index contributed by atoms with van der Waals surface area (Å²) in [6.07, 6.45) is 0. The average molecular weight is 176 g/mol. The van der Waals surface area contributed by atoms with Gasteiger partial charge in [0.1, 0.15) is 18.0 Å². The number of furan rings is 1. The van der Waals surface area contributed by atoms with E-state index in [0.717, 1.165) is 16.7 Å². The number of methoxy groups -OCH3 is 1. The lowest BCUT2D eigenvalue weighted by Crippen LogP contribution is -1.81. The molecular formula is C11H12O2. The van der Waals surface area contributed by atoms with Crippen LogP contribution in [0.4, 0.5) is 0 Å². The molecule has 0 aliphatic rings. The quantitative estimate of drug-likeness (QED) is 0.702. The van der Waals surface area contributed by atoms with Crippen LogP contribution in [-0.2, 0) is 11.3 Å². The van der Waals surface area contributed by atoms with Crippen molar-refractivity contribution in [2.75, 3.05) is 7.11 Å². The van der Waals surface area contributed by atoms with Crippen molar-refractivity contribution < 1.29 is 9.15 Å². The van der Waals surface area contributed by atoms with Gasteiger partial charge in [0, 0.05) is 12.5 Å². The largest absolute Gasteiger partial charge is 0.459 e. The first-order chi connectivity index (χ1) is 6.29. The lowest BCUT2D eigenvalue weighted by molar-refractivity contribution is 0.166. The van der Waals surface area contributed by atoms with E-state index in [2.05, 4.69) is 13.0 Å². The summed E-state index contributed by atoms with van der Waals surface area (Å²) in [6.45, 7) is 2.61. The Labute approximate surface area is 77.1 Å². The number of fused-ring (bicyclic) bond motifs is 1. The van der Waals surface area contributed by atoms with Crippen LogP contribution in [0, 0.1) is 6.92 Å². The van der Waals surface area contributed by atoms with Gasteiger partial charge >= 0.3 is 0 Å². The Morgan fingerprint density at radius 2 is 2.15 bits per heavy atom. The van der Waals surface area contributed by atoms with Gasteiger partial charge in [-0.15, -0.1) is 0 Å². The second-order valence-electron chi connectivity index (χ2n) is 3.19. The van der Waals surface area contributed by atoms with Crippen LogP contribution < -0.4 is 0 Å². The minimum Gasteiger partial charge on any atom is -0.459 e. The Morgan fingerprint density at radius 1 is 1.31 bits per heavy atom. The molecule has 1 aromatic heterocycles. The molecule has 2 nitrogen and oxygen atoms in total. The highest BCUT2D eigenvalue weighted by atomic mass is 16.5. The number of ether oxygens (including phenoxy) is 1. The van der Waals surface area contributed by atoms with Crippen molar-refractivity contribution in [1.82, 2.24) is 0 Å². The molecule has 1 aromatic carbocycles. The fraction of sp³-hybridized carbons (Fsp3) is 0.273. The number of hydrogen-bond acceptors (Lipinski definition) is 2. The van der Waals surface area contributed by atoms with Crippen molar-refractivity contribution in [3.05, 3.63) is 35.6 Å². The van der Waals surface area contributed by atoms with E-state index in [1.54, 1.807) is 7.11 Å². The maximum atomic E-state index is 5.54. The van der Waals surface area contributed by atoms with Gasteiger partial charge in [0.2, 0.25) is 0 Å². The number of rotatable bonds is 2. The molecule has 0 atom stereocenters. The van der Waals surface area contributed by atoms with Gasteiger partial charge in [0.15, 0.2) is 0 Å². The Kier molecular flexibility index (Phi) is 2.07. The predicted molar refractivity (Wildman–Crippen MR) is 51.7 cm³/mol. The third-order valence-electron chi connectivity index (χ3n) is 2.01. The van der Waals surface area contributed by atoms with Crippen LogP contribution in [0.3, 0.4) is 0 Å². The molecule has 0 unspecified atom stereocenters. The van der Waals surface area contributed by atoms with Crippen LogP contribution in [0.2, 0.25) is 0 Å². The summed E-state index contributed by atoms with van der Waals surface area (Å²) in [5.74, 6) is 0.878. The standard InChI is InChI=1S/C11H12O2/c1-8-3-4-11-9(5-8)6-10(13-11)7-12-2/h3-6H,7H2,1-2H3. The minimum absolute atomic E-state index is 0.535. The SMILES string of the molecule is COCc1cc2cc(C)ccc2o1. The molecule has 0 aliphatic heterocycles. The normalized spacial score (nSPS) is 10.9. The highest BCUT2D eigenvalue weighted by Gasteiger charge is 2.02. The molecule has 2 rings (SSSR count). The summed E-state index contributed by atoms with van der Waals surface area (Å²) in [7, 11) is 1.67. The van der Waals surface area contributed by atoms with Crippen molar-refractivity contribution in [3.63, 3.8) is 0 Å². The second-order valence-corrected chi connectivity index (χ2v) is 3.19. The van der Waals surface area contributed by atoms with Gasteiger partial charge in [0.25, 0.3) is 0 Å². The van der Waals surface area contributed by atoms with Crippen LogP contribution in [0.1, 0.15) is 11.3 Å². The third kappa shape index (κ3) is 1.58. The molecule has 0 radical (unpaired) electrons. The lowest BCUT2D eigenvalue weighted by Gasteiger charge is -1.90. The van der Waals surface area contributed by atoms with E-state index >= 15 is 0 Å². The molecular weight excluding hydrogens is 164 g/mol. The lowest BCUT2D eigenvalue weighted by atomic mass is 10.2. The van der Waals surface area contributed by atoms with Gasteiger partial charge in [0.05, 0.1) is 0 Å². The van der Waals surface area contributed by atoms with Gasteiger partial charge < -0.3 is 9.15 Å². The van der Waals surface area contributed by atoms with Crippen LogP contribution >= 0.6 is 0 Å². The molecule has 2 aromatic rings.